The number of ether oxygens (including phenoxy) is 2. The fraction of sp³-hybridized carbons (Fsp3) is 0.750. The van der Waals surface area contributed by atoms with Gasteiger partial charge in [0.25, 0.3) is 5.60 Å². The smallest absolute Gasteiger partial charge is 0.304 e. The van der Waals surface area contributed by atoms with Crippen LogP contribution in [0.3, 0.4) is 0 Å². The highest BCUT2D eigenvalue weighted by atomic mass is 16.6. The molecule has 8 nitrogen and oxygen atoms in total. The summed E-state index contributed by atoms with van der Waals surface area (Å²) in [6.07, 6.45) is -6.33. The fourth-order valence-electron chi connectivity index (χ4n) is 2.24. The topological polar surface area (TPSA) is 130 Å². The van der Waals surface area contributed by atoms with Crippen molar-refractivity contribution < 1.29 is 39.2 Å². The molecule has 0 unspecified atom stereocenters. The van der Waals surface area contributed by atoms with Crippen LogP contribution < -0.4 is 0 Å². The van der Waals surface area contributed by atoms with Crippen LogP contribution in [-0.4, -0.2) is 69.5 Å². The van der Waals surface area contributed by atoms with Gasteiger partial charge in [0.2, 0.25) is 0 Å². The van der Waals surface area contributed by atoms with Crippen molar-refractivity contribution in [2.75, 3.05) is 6.61 Å². The van der Waals surface area contributed by atoms with Gasteiger partial charge >= 0.3 is 5.97 Å². The quantitative estimate of drug-likeness (QED) is 0.398. The van der Waals surface area contributed by atoms with Gasteiger partial charge in [0.05, 0.1) is 6.61 Å². The van der Waals surface area contributed by atoms with E-state index in [4.69, 9.17) is 9.47 Å². The molecule has 1 aliphatic rings. The summed E-state index contributed by atoms with van der Waals surface area (Å²) in [6.45, 7) is 2.61. The molecule has 0 aliphatic carbocycles. The minimum absolute atomic E-state index is 0.410. The molecule has 0 amide bonds. The van der Waals surface area contributed by atoms with Crippen LogP contribution in [0.1, 0.15) is 20.8 Å². The minimum Gasteiger partial charge on any atom is -0.440 e. The molecular formula is C12H18O8. The zero-order chi connectivity index (χ0) is 15.7. The highest BCUT2D eigenvalue weighted by Gasteiger charge is 2.58. The van der Waals surface area contributed by atoms with Crippen LogP contribution in [-0.2, 0) is 23.9 Å². The molecule has 3 N–H and O–H groups in total. The van der Waals surface area contributed by atoms with Crippen molar-refractivity contribution in [1.82, 2.24) is 0 Å². The lowest BCUT2D eigenvalue weighted by atomic mass is 9.81. The van der Waals surface area contributed by atoms with Gasteiger partial charge in [-0.3, -0.25) is 14.4 Å². The summed E-state index contributed by atoms with van der Waals surface area (Å²) in [4.78, 5) is 34.9. The van der Waals surface area contributed by atoms with E-state index in [1.807, 2.05) is 0 Å². The molecule has 8 heteroatoms. The van der Waals surface area contributed by atoms with Crippen LogP contribution >= 0.6 is 0 Å². The van der Waals surface area contributed by atoms with Crippen LogP contribution in [0, 0.1) is 0 Å². The van der Waals surface area contributed by atoms with Gasteiger partial charge < -0.3 is 24.8 Å². The standard InChI is InChI=1S/C12H18O8/c1-5(13)12(6(2)14,20-7(3)15)11-10(18)9(17)8(16)4-19-11/h8-11,16-18H,4H2,1-3H3/t8-,9+,10-,11-/m0/s1. The zero-order valence-electron chi connectivity index (χ0n) is 11.4. The number of aliphatic hydroxyl groups is 3. The van der Waals surface area contributed by atoms with E-state index in [-0.39, 0.29) is 0 Å². The Kier molecular flexibility index (Phi) is 4.98. The van der Waals surface area contributed by atoms with Gasteiger partial charge in [-0.2, -0.15) is 0 Å². The van der Waals surface area contributed by atoms with Gasteiger partial charge in [-0.05, 0) is 13.8 Å². The Morgan fingerprint density at radius 3 is 1.95 bits per heavy atom. The average molecular weight is 290 g/mol. The molecule has 114 valence electrons. The highest BCUT2D eigenvalue weighted by molar-refractivity contribution is 6.10. The van der Waals surface area contributed by atoms with Crippen LogP contribution in [0.2, 0.25) is 0 Å². The first-order valence-corrected chi connectivity index (χ1v) is 6.02. The first kappa shape index (κ1) is 16.7. The van der Waals surface area contributed by atoms with Gasteiger partial charge in [0, 0.05) is 6.92 Å². The summed E-state index contributed by atoms with van der Waals surface area (Å²) >= 11 is 0. The molecule has 4 atom stereocenters. The number of carbonyl (C=O) groups is 3. The Morgan fingerprint density at radius 2 is 1.55 bits per heavy atom. The number of hydrogen-bond donors (Lipinski definition) is 3. The summed E-state index contributed by atoms with van der Waals surface area (Å²) in [7, 11) is 0. The molecule has 1 saturated heterocycles. The van der Waals surface area contributed by atoms with E-state index in [1.54, 1.807) is 0 Å². The van der Waals surface area contributed by atoms with Gasteiger partial charge in [0.15, 0.2) is 11.6 Å². The summed E-state index contributed by atoms with van der Waals surface area (Å²) < 4.78 is 9.92. The number of ketones is 2. The second-order valence-electron chi connectivity index (χ2n) is 4.74. The fourth-order valence-corrected chi connectivity index (χ4v) is 2.24. The normalized spacial score (nSPS) is 30.7. The lowest BCUT2D eigenvalue weighted by Gasteiger charge is -2.43. The monoisotopic (exact) mass is 290 g/mol. The molecule has 0 spiro atoms. The number of carbonyl (C=O) groups excluding carboxylic acids is 3. The maximum Gasteiger partial charge on any atom is 0.304 e. The Hall–Kier alpha value is -1.35. The van der Waals surface area contributed by atoms with Crippen LogP contribution in [0.4, 0.5) is 0 Å². The third-order valence-corrected chi connectivity index (χ3v) is 3.25. The minimum atomic E-state index is -2.34. The average Bonchev–Trinajstić information content (AvgIpc) is 2.32. The number of hydrogen-bond acceptors (Lipinski definition) is 8. The molecule has 0 saturated carbocycles. The molecule has 0 aromatic rings. The van der Waals surface area contributed by atoms with E-state index in [0.29, 0.717) is 0 Å². The van der Waals surface area contributed by atoms with Crippen molar-refractivity contribution in [3.63, 3.8) is 0 Å². The zero-order valence-corrected chi connectivity index (χ0v) is 11.4. The van der Waals surface area contributed by atoms with Crippen molar-refractivity contribution in [2.24, 2.45) is 0 Å². The summed E-state index contributed by atoms with van der Waals surface area (Å²) in [5.41, 5.74) is -2.34. The number of Topliss-reactive ketones (excluding diaryl/α,β-unsaturated/α-hetero) is 2. The van der Waals surface area contributed by atoms with Crippen LogP contribution in [0.25, 0.3) is 0 Å². The largest absolute Gasteiger partial charge is 0.440 e. The molecule has 20 heavy (non-hydrogen) atoms. The first-order chi connectivity index (χ1) is 9.14. The van der Waals surface area contributed by atoms with Crippen LogP contribution in [0.15, 0.2) is 0 Å². The first-order valence-electron chi connectivity index (χ1n) is 6.02. The highest BCUT2D eigenvalue weighted by Crippen LogP contribution is 2.30. The Morgan fingerprint density at radius 1 is 1.05 bits per heavy atom. The second kappa shape index (κ2) is 5.96. The van der Waals surface area contributed by atoms with Crippen molar-refractivity contribution in [3.8, 4) is 0 Å². The van der Waals surface area contributed by atoms with Crippen molar-refractivity contribution >= 4 is 17.5 Å². The van der Waals surface area contributed by atoms with E-state index >= 15 is 0 Å². The van der Waals surface area contributed by atoms with Gasteiger partial charge in [-0.25, -0.2) is 0 Å². The third kappa shape index (κ3) is 2.73. The molecule has 0 aromatic carbocycles. The number of rotatable bonds is 4. The molecule has 0 aromatic heterocycles. The maximum atomic E-state index is 11.8. The molecular weight excluding hydrogens is 272 g/mol. The summed E-state index contributed by atoms with van der Waals surface area (Å²) in [6, 6.07) is 0. The van der Waals surface area contributed by atoms with Crippen molar-refractivity contribution in [3.05, 3.63) is 0 Å². The van der Waals surface area contributed by atoms with Gasteiger partial charge in [-0.1, -0.05) is 0 Å². The van der Waals surface area contributed by atoms with Gasteiger partial charge in [-0.15, -0.1) is 0 Å². The SMILES string of the molecule is CC(=O)OC(C(C)=O)(C(C)=O)[C@H]1OC[C@H](O)[C@@H](O)[C@@H]1O. The number of esters is 1. The van der Waals surface area contributed by atoms with E-state index in [2.05, 4.69) is 0 Å². The third-order valence-electron chi connectivity index (χ3n) is 3.25. The van der Waals surface area contributed by atoms with Crippen molar-refractivity contribution in [2.45, 2.75) is 50.8 Å². The number of aliphatic hydroxyl groups excluding tert-OH is 3. The van der Waals surface area contributed by atoms with E-state index in [1.165, 1.54) is 0 Å². The summed E-state index contributed by atoms with van der Waals surface area (Å²) in [5, 5.41) is 28.9. The maximum absolute atomic E-state index is 11.8. The summed E-state index contributed by atoms with van der Waals surface area (Å²) in [5.74, 6) is -2.59. The Balaban J connectivity index is 3.26. The molecule has 1 aliphatic heterocycles. The van der Waals surface area contributed by atoms with Gasteiger partial charge in [0.1, 0.15) is 24.4 Å². The Labute approximate surface area is 115 Å². The lowest BCUT2D eigenvalue weighted by molar-refractivity contribution is -0.236. The van der Waals surface area contributed by atoms with E-state index in [9.17, 15) is 29.7 Å². The molecule has 1 heterocycles. The molecule has 1 rings (SSSR count). The lowest BCUT2D eigenvalue weighted by Crippen LogP contribution is -2.67. The predicted molar refractivity (Wildman–Crippen MR) is 63.6 cm³/mol. The predicted octanol–water partition coefficient (Wildman–Crippen LogP) is -2.05. The second-order valence-corrected chi connectivity index (χ2v) is 4.74. The molecule has 0 bridgehead atoms. The molecule has 0 radical (unpaired) electrons. The Bertz CT molecular complexity index is 404. The van der Waals surface area contributed by atoms with E-state index < -0.39 is 54.2 Å². The molecule has 1 fully saturated rings. The van der Waals surface area contributed by atoms with E-state index in [0.717, 1.165) is 20.8 Å². The van der Waals surface area contributed by atoms with Crippen LogP contribution in [0.5, 0.6) is 0 Å². The van der Waals surface area contributed by atoms with Crippen molar-refractivity contribution in [1.29, 1.82) is 0 Å².